The van der Waals surface area contributed by atoms with Crippen LogP contribution < -0.4 is 34.7 Å². The fourth-order valence-corrected chi connectivity index (χ4v) is 0.976. The Balaban J connectivity index is 0.00000256. The third-order valence-corrected chi connectivity index (χ3v) is 1.78. The van der Waals surface area contributed by atoms with Gasteiger partial charge in [-0.3, -0.25) is 4.79 Å². The zero-order chi connectivity index (χ0) is 12.1. The molecule has 0 aromatic heterocycles. The Bertz CT molecular complexity index is 439. The molecule has 0 spiro atoms. The number of esters is 1. The first-order chi connectivity index (χ1) is 7.54. The van der Waals surface area contributed by atoms with E-state index in [0.717, 1.165) is 19.2 Å². The van der Waals surface area contributed by atoms with Crippen LogP contribution >= 0.6 is 0 Å². The van der Waals surface area contributed by atoms with Gasteiger partial charge in [-0.25, -0.2) is 9.18 Å². The van der Waals surface area contributed by atoms with E-state index in [1.165, 1.54) is 12.1 Å². The van der Waals surface area contributed by atoms with Gasteiger partial charge in [-0.1, -0.05) is 0 Å². The van der Waals surface area contributed by atoms with Crippen molar-refractivity contribution < 1.29 is 53.4 Å². The molecule has 0 aliphatic carbocycles. The molecule has 0 bridgehead atoms. The summed E-state index contributed by atoms with van der Waals surface area (Å²) >= 11 is 0. The van der Waals surface area contributed by atoms with Gasteiger partial charge in [0.05, 0.1) is 7.11 Å². The van der Waals surface area contributed by atoms with E-state index < -0.39 is 23.3 Å². The van der Waals surface area contributed by atoms with E-state index in [4.69, 9.17) is 0 Å². The standard InChI is InChI=1S/C11H9FO4.Na/c1-16-11(15)10(14)6-9(13)7-2-4-8(12)5-3-7;/h2-6,14H,1H3;/q;+1/p-1/b10-6-;. The van der Waals surface area contributed by atoms with Gasteiger partial charge in [0.1, 0.15) is 5.82 Å². The Kier molecular flexibility index (Phi) is 6.72. The largest absolute Gasteiger partial charge is 1.00 e. The molecule has 17 heavy (non-hydrogen) atoms. The number of hydrogen-bond acceptors (Lipinski definition) is 4. The number of benzene rings is 1. The number of halogens is 1. The summed E-state index contributed by atoms with van der Waals surface area (Å²) in [6, 6.07) is 4.62. The molecule has 1 aromatic rings. The van der Waals surface area contributed by atoms with Crippen molar-refractivity contribution in [1.82, 2.24) is 0 Å². The number of hydrogen-bond donors (Lipinski definition) is 0. The number of carbonyl (C=O) groups excluding carboxylic acids is 2. The maximum atomic E-state index is 12.5. The summed E-state index contributed by atoms with van der Waals surface area (Å²) in [4.78, 5) is 22.1. The van der Waals surface area contributed by atoms with Gasteiger partial charge in [0, 0.05) is 5.56 Å². The van der Waals surface area contributed by atoms with Crippen LogP contribution in [0.25, 0.3) is 0 Å². The van der Waals surface area contributed by atoms with Gasteiger partial charge in [0.2, 0.25) is 0 Å². The average Bonchev–Trinajstić information content (AvgIpc) is 2.28. The maximum Gasteiger partial charge on any atom is 1.00 e. The third kappa shape index (κ3) is 4.68. The second-order valence-electron chi connectivity index (χ2n) is 2.87. The molecule has 4 nitrogen and oxygen atoms in total. The number of rotatable bonds is 3. The first kappa shape index (κ1) is 15.8. The predicted octanol–water partition coefficient (Wildman–Crippen LogP) is -2.57. The first-order valence-electron chi connectivity index (χ1n) is 4.31. The van der Waals surface area contributed by atoms with Crippen molar-refractivity contribution in [3.8, 4) is 0 Å². The summed E-state index contributed by atoms with van der Waals surface area (Å²) in [5, 5.41) is 11.0. The molecule has 0 atom stereocenters. The van der Waals surface area contributed by atoms with E-state index in [-0.39, 0.29) is 35.1 Å². The molecule has 84 valence electrons. The minimum atomic E-state index is -1.12. The molecule has 6 heteroatoms. The fourth-order valence-electron chi connectivity index (χ4n) is 0.976. The molecule has 0 N–H and O–H groups in total. The molecule has 1 rings (SSSR count). The molecular weight excluding hydrogens is 238 g/mol. The van der Waals surface area contributed by atoms with Gasteiger partial charge in [0.25, 0.3) is 0 Å². The normalized spacial score (nSPS) is 10.4. The van der Waals surface area contributed by atoms with Crippen LogP contribution in [0.2, 0.25) is 0 Å². The zero-order valence-electron chi connectivity index (χ0n) is 9.40. The predicted molar refractivity (Wildman–Crippen MR) is 50.8 cm³/mol. The van der Waals surface area contributed by atoms with Crippen molar-refractivity contribution in [2.45, 2.75) is 0 Å². The minimum absolute atomic E-state index is 0. The van der Waals surface area contributed by atoms with Crippen LogP contribution in [0.3, 0.4) is 0 Å². The van der Waals surface area contributed by atoms with E-state index in [1.807, 2.05) is 0 Å². The van der Waals surface area contributed by atoms with Crippen LogP contribution in [-0.4, -0.2) is 18.9 Å². The molecule has 0 saturated carbocycles. The average molecular weight is 246 g/mol. The number of ether oxygens (including phenoxy) is 1. The van der Waals surface area contributed by atoms with Crippen LogP contribution in [0.1, 0.15) is 10.4 Å². The molecule has 0 radical (unpaired) electrons. The summed E-state index contributed by atoms with van der Waals surface area (Å²) in [7, 11) is 1.04. The van der Waals surface area contributed by atoms with Crippen molar-refractivity contribution in [3.05, 3.63) is 47.5 Å². The Labute approximate surface area is 119 Å². The van der Waals surface area contributed by atoms with Crippen molar-refractivity contribution in [2.75, 3.05) is 7.11 Å². The zero-order valence-corrected chi connectivity index (χ0v) is 11.4. The Morgan fingerprint density at radius 1 is 1.29 bits per heavy atom. The van der Waals surface area contributed by atoms with Crippen molar-refractivity contribution >= 4 is 11.8 Å². The molecule has 0 fully saturated rings. The molecule has 1 aromatic carbocycles. The van der Waals surface area contributed by atoms with Crippen LogP contribution in [0.4, 0.5) is 4.39 Å². The number of allylic oxidation sites excluding steroid dienone is 1. The first-order valence-corrected chi connectivity index (χ1v) is 4.31. The topological polar surface area (TPSA) is 66.4 Å². The van der Waals surface area contributed by atoms with E-state index in [1.54, 1.807) is 0 Å². The fraction of sp³-hybridized carbons (Fsp3) is 0.0909. The quantitative estimate of drug-likeness (QED) is 0.193. The van der Waals surface area contributed by atoms with Gasteiger partial charge in [-0.15, -0.1) is 0 Å². The SMILES string of the molecule is COC(=O)/C([O-])=C/C(=O)c1ccc(F)cc1.[Na+]. The van der Waals surface area contributed by atoms with Gasteiger partial charge < -0.3 is 9.84 Å². The van der Waals surface area contributed by atoms with E-state index >= 15 is 0 Å². The van der Waals surface area contributed by atoms with E-state index in [9.17, 15) is 19.1 Å². The summed E-state index contributed by atoms with van der Waals surface area (Å²) in [5.74, 6) is -3.32. The summed E-state index contributed by atoms with van der Waals surface area (Å²) in [6.45, 7) is 0. The molecular formula is C11H8FNaO4. The van der Waals surface area contributed by atoms with Crippen LogP contribution in [-0.2, 0) is 9.53 Å². The molecule has 0 saturated heterocycles. The summed E-state index contributed by atoms with van der Waals surface area (Å²) in [5.41, 5.74) is 0.124. The van der Waals surface area contributed by atoms with Crippen molar-refractivity contribution in [2.24, 2.45) is 0 Å². The smallest absolute Gasteiger partial charge is 0.867 e. The van der Waals surface area contributed by atoms with Gasteiger partial charge in [0.15, 0.2) is 5.78 Å². The molecule has 0 aliphatic heterocycles. The van der Waals surface area contributed by atoms with Crippen molar-refractivity contribution in [1.29, 1.82) is 0 Å². The summed E-state index contributed by atoms with van der Waals surface area (Å²) in [6.07, 6.45) is 0.610. The molecule has 0 heterocycles. The van der Waals surface area contributed by atoms with Gasteiger partial charge >= 0.3 is 35.5 Å². The number of ketones is 1. The molecule has 0 unspecified atom stereocenters. The van der Waals surface area contributed by atoms with Crippen molar-refractivity contribution in [3.63, 3.8) is 0 Å². The monoisotopic (exact) mass is 246 g/mol. The van der Waals surface area contributed by atoms with Gasteiger partial charge in [-0.05, 0) is 36.1 Å². The van der Waals surface area contributed by atoms with Gasteiger partial charge in [-0.2, -0.15) is 0 Å². The summed E-state index contributed by atoms with van der Waals surface area (Å²) < 4.78 is 16.7. The molecule has 0 aliphatic rings. The second-order valence-corrected chi connectivity index (χ2v) is 2.87. The third-order valence-electron chi connectivity index (χ3n) is 1.78. The Morgan fingerprint density at radius 3 is 2.29 bits per heavy atom. The van der Waals surface area contributed by atoms with E-state index in [2.05, 4.69) is 4.74 Å². The molecule has 0 amide bonds. The van der Waals surface area contributed by atoms with Crippen LogP contribution in [0.15, 0.2) is 36.1 Å². The van der Waals surface area contributed by atoms with Crippen LogP contribution in [0.5, 0.6) is 0 Å². The number of carbonyl (C=O) groups is 2. The van der Waals surface area contributed by atoms with E-state index in [0.29, 0.717) is 6.08 Å². The van der Waals surface area contributed by atoms with Crippen LogP contribution in [0, 0.1) is 5.82 Å². The Morgan fingerprint density at radius 2 is 1.82 bits per heavy atom. The maximum absolute atomic E-state index is 12.5. The minimum Gasteiger partial charge on any atom is -0.867 e. The second kappa shape index (κ2) is 7.21. The number of methoxy groups -OCH3 is 1. The Hall–Kier alpha value is -1.17.